The Balaban J connectivity index is 3.33. The third-order valence-corrected chi connectivity index (χ3v) is 4.07. The summed E-state index contributed by atoms with van der Waals surface area (Å²) in [5.74, 6) is -0.0455. The van der Waals surface area contributed by atoms with Crippen molar-refractivity contribution < 1.29 is 18.4 Å². The molecule has 0 saturated carbocycles. The van der Waals surface area contributed by atoms with E-state index in [0.717, 1.165) is 44.9 Å². The van der Waals surface area contributed by atoms with Gasteiger partial charge in [0.15, 0.2) is 0 Å². The van der Waals surface area contributed by atoms with E-state index in [-0.39, 0.29) is 19.1 Å². The van der Waals surface area contributed by atoms with Gasteiger partial charge in [-0.05, 0) is 38.5 Å². The molecule has 0 unspecified atom stereocenters. The molecule has 1 N–H and O–H groups in total. The monoisotopic (exact) mass is 383 g/mol. The Morgan fingerprint density at radius 1 is 0.885 bits per heavy atom. The van der Waals surface area contributed by atoms with Crippen LogP contribution in [0, 0.1) is 0 Å². The highest BCUT2D eigenvalue weighted by atomic mass is 31.1. The molecule has 0 aliphatic heterocycles. The van der Waals surface area contributed by atoms with E-state index in [9.17, 15) is 13.9 Å². The quantitative estimate of drug-likeness (QED) is 0.196. The van der Waals surface area contributed by atoms with E-state index < -0.39 is 7.91 Å². The summed E-state index contributed by atoms with van der Waals surface area (Å²) in [5, 5.41) is 2.64. The lowest BCUT2D eigenvalue weighted by molar-refractivity contribution is -0.121. The van der Waals surface area contributed by atoms with Crippen LogP contribution in [0.5, 0.6) is 0 Å². The Morgan fingerprint density at radius 2 is 1.50 bits per heavy atom. The van der Waals surface area contributed by atoms with Gasteiger partial charge in [-0.2, -0.15) is 0 Å². The Hall–Kier alpha value is -1.45. The average molecular weight is 383 g/mol. The lowest BCUT2D eigenvalue weighted by atomic mass is 10.1. The van der Waals surface area contributed by atoms with Gasteiger partial charge in [0.05, 0.1) is 6.61 Å². The molecule has 1 amide bonds. The number of hydrogen-bond acceptors (Lipinski definition) is 4. The van der Waals surface area contributed by atoms with E-state index in [1.54, 1.807) is 0 Å². The van der Waals surface area contributed by atoms with E-state index in [2.05, 4.69) is 53.2 Å². The Morgan fingerprint density at radius 3 is 2.19 bits per heavy atom. The molecule has 6 heteroatoms. The number of carbonyl (C=O) groups is 1. The van der Waals surface area contributed by atoms with Crippen LogP contribution in [0.1, 0.15) is 71.1 Å². The van der Waals surface area contributed by atoms with Gasteiger partial charge in [0.1, 0.15) is 0 Å². The van der Waals surface area contributed by atoms with Gasteiger partial charge in [0.2, 0.25) is 5.91 Å². The first-order chi connectivity index (χ1) is 12.7. The van der Waals surface area contributed by atoms with E-state index in [4.69, 9.17) is 0 Å². The summed E-state index contributed by atoms with van der Waals surface area (Å²) in [5.41, 5.74) is 0. The second-order valence-electron chi connectivity index (χ2n) is 6.01. The maximum absolute atomic E-state index is 11.5. The molecule has 0 fully saturated rings. The predicted octanol–water partition coefficient (Wildman–Crippen LogP) is 5.80. The van der Waals surface area contributed by atoms with E-state index in [1.165, 1.54) is 12.8 Å². The van der Waals surface area contributed by atoms with Crippen molar-refractivity contribution in [1.29, 1.82) is 0 Å². The number of unbranched alkanes of at least 4 members (excludes halogenated alkanes) is 5. The number of allylic oxidation sites excluding steroid dienone is 6. The molecule has 0 saturated heterocycles. The number of nitrogens with one attached hydrogen (secondary N) is 1. The minimum Gasteiger partial charge on any atom is -0.354 e. The number of amides is 1. The van der Waals surface area contributed by atoms with Gasteiger partial charge in [0.25, 0.3) is 0 Å². The summed E-state index contributed by atoms with van der Waals surface area (Å²) in [7, 11) is -2.82. The predicted molar refractivity (Wildman–Crippen MR) is 107 cm³/mol. The van der Waals surface area contributed by atoms with E-state index in [0.29, 0.717) is 6.42 Å². The zero-order valence-corrected chi connectivity index (χ0v) is 16.9. The maximum Gasteiger partial charge on any atom is 0.468 e. The first-order valence-corrected chi connectivity index (χ1v) is 10.7. The molecule has 26 heavy (non-hydrogen) atoms. The molecule has 148 valence electrons. The third kappa shape index (κ3) is 20.6. The molecule has 0 spiro atoms. The summed E-state index contributed by atoms with van der Waals surface area (Å²) in [6.45, 7) is 2.38. The van der Waals surface area contributed by atoms with Crippen molar-refractivity contribution in [2.24, 2.45) is 0 Å². The molecule has 0 aliphatic carbocycles. The molecule has 0 heterocycles. The van der Waals surface area contributed by atoms with Crippen molar-refractivity contribution in [3.05, 3.63) is 36.5 Å². The van der Waals surface area contributed by atoms with Crippen LogP contribution in [0.25, 0.3) is 0 Å². The largest absolute Gasteiger partial charge is 0.468 e. The fourth-order valence-electron chi connectivity index (χ4n) is 2.30. The first kappa shape index (κ1) is 24.6. The summed E-state index contributed by atoms with van der Waals surface area (Å²) < 4.78 is 24.7. The molecule has 0 bridgehead atoms. The van der Waals surface area contributed by atoms with Gasteiger partial charge in [-0.15, -0.1) is 0 Å². The Bertz CT molecular complexity index is 488. The van der Waals surface area contributed by atoms with Gasteiger partial charge in [0, 0.05) is 13.0 Å². The number of rotatable bonds is 17. The summed E-state index contributed by atoms with van der Waals surface area (Å²) in [6.07, 6.45) is 23.4. The molecule has 0 aromatic carbocycles. The second kappa shape index (κ2) is 19.9. The highest BCUT2D eigenvalue weighted by molar-refractivity contribution is 7.24. The Kier molecular flexibility index (Phi) is 18.8. The zero-order valence-electron chi connectivity index (χ0n) is 16.0. The second-order valence-corrected chi connectivity index (χ2v) is 6.71. The lowest BCUT2D eigenvalue weighted by Crippen LogP contribution is -2.26. The van der Waals surface area contributed by atoms with Crippen molar-refractivity contribution in [1.82, 2.24) is 5.32 Å². The molecule has 0 aliphatic rings. The number of hydrogen-bond donors (Lipinski definition) is 1. The maximum atomic E-state index is 11.5. The zero-order chi connectivity index (χ0) is 19.3. The van der Waals surface area contributed by atoms with Gasteiger partial charge in [-0.3, -0.25) is 9.32 Å². The van der Waals surface area contributed by atoms with E-state index >= 15 is 0 Å². The van der Waals surface area contributed by atoms with Crippen molar-refractivity contribution in [2.75, 3.05) is 13.2 Å². The van der Waals surface area contributed by atoms with Crippen LogP contribution in [0.2, 0.25) is 0 Å². The molecule has 0 aromatic heterocycles. The van der Waals surface area contributed by atoms with Crippen molar-refractivity contribution in [3.8, 4) is 0 Å². The lowest BCUT2D eigenvalue weighted by Gasteiger charge is -2.03. The SMILES string of the molecule is CCC=CCC=CC/C=C\CCCCCCCC(=O)NCCOP(=O)=O. The fourth-order valence-corrected chi connectivity index (χ4v) is 2.54. The molecular weight excluding hydrogens is 349 g/mol. The molecule has 0 atom stereocenters. The number of carbonyl (C=O) groups excluding carboxylic acids is 1. The molecule has 0 rings (SSSR count). The standard InChI is InChI=1S/C20H34NO4P/c1-2-3-4-5-6-7-8-9-10-11-12-13-14-15-16-17-20(22)21-18-19-25-26(23)24/h3-4,6-7,9-10H,2,5,8,11-19H2,1H3,(H,21,22)/b4-3?,7-6?,10-9-. The molecule has 5 nitrogen and oxygen atoms in total. The van der Waals surface area contributed by atoms with Crippen LogP contribution in [-0.4, -0.2) is 19.1 Å². The van der Waals surface area contributed by atoms with Gasteiger partial charge >= 0.3 is 7.91 Å². The Labute approximate surface area is 158 Å². The summed E-state index contributed by atoms with van der Waals surface area (Å²) in [4.78, 5) is 11.5. The summed E-state index contributed by atoms with van der Waals surface area (Å²) in [6, 6.07) is 0. The smallest absolute Gasteiger partial charge is 0.354 e. The van der Waals surface area contributed by atoms with Gasteiger partial charge < -0.3 is 5.32 Å². The normalized spacial score (nSPS) is 11.7. The van der Waals surface area contributed by atoms with Crippen molar-refractivity contribution in [2.45, 2.75) is 71.1 Å². The van der Waals surface area contributed by atoms with Gasteiger partial charge in [-0.1, -0.05) is 62.6 Å². The van der Waals surface area contributed by atoms with Crippen LogP contribution in [0.15, 0.2) is 36.5 Å². The van der Waals surface area contributed by atoms with Crippen molar-refractivity contribution >= 4 is 13.8 Å². The topological polar surface area (TPSA) is 72.5 Å². The molecular formula is C20H34NO4P. The molecule has 0 radical (unpaired) electrons. The highest BCUT2D eigenvalue weighted by Crippen LogP contribution is 2.08. The summed E-state index contributed by atoms with van der Waals surface area (Å²) >= 11 is 0. The van der Waals surface area contributed by atoms with Crippen LogP contribution in [0.3, 0.4) is 0 Å². The third-order valence-electron chi connectivity index (χ3n) is 3.68. The van der Waals surface area contributed by atoms with E-state index in [1.807, 2.05) is 0 Å². The minimum atomic E-state index is -2.82. The van der Waals surface area contributed by atoms with Crippen LogP contribution in [-0.2, 0) is 18.4 Å². The van der Waals surface area contributed by atoms with Gasteiger partial charge in [-0.25, -0.2) is 9.13 Å². The first-order valence-electron chi connectivity index (χ1n) is 9.65. The van der Waals surface area contributed by atoms with Crippen LogP contribution in [0.4, 0.5) is 0 Å². The van der Waals surface area contributed by atoms with Crippen LogP contribution >= 0.6 is 7.91 Å². The average Bonchev–Trinajstić information content (AvgIpc) is 2.62. The van der Waals surface area contributed by atoms with Crippen molar-refractivity contribution in [3.63, 3.8) is 0 Å². The minimum absolute atomic E-state index is 0.00363. The highest BCUT2D eigenvalue weighted by Gasteiger charge is 2.00. The fraction of sp³-hybridized carbons (Fsp3) is 0.650. The molecule has 0 aromatic rings. The van der Waals surface area contributed by atoms with Crippen LogP contribution < -0.4 is 5.32 Å².